The van der Waals surface area contributed by atoms with Crippen molar-refractivity contribution in [2.24, 2.45) is 5.92 Å². The van der Waals surface area contributed by atoms with Crippen LogP contribution in [0.15, 0.2) is 0 Å². The normalized spacial score (nSPS) is 38.1. The number of ether oxygens (including phenoxy) is 1. The van der Waals surface area contributed by atoms with E-state index in [4.69, 9.17) is 16.3 Å². The van der Waals surface area contributed by atoms with E-state index < -0.39 is 0 Å². The van der Waals surface area contributed by atoms with Crippen molar-refractivity contribution < 1.29 is 4.74 Å². The Balaban J connectivity index is 1.44. The molecule has 0 amide bonds. The minimum absolute atomic E-state index is 0.283. The Labute approximate surface area is 122 Å². The van der Waals surface area contributed by atoms with Gasteiger partial charge in [-0.15, -0.1) is 11.6 Å². The number of halogens is 1. The largest absolute Gasteiger partial charge is 0.370 e. The van der Waals surface area contributed by atoms with Gasteiger partial charge < -0.3 is 10.1 Å². The monoisotopic (exact) mass is 285 g/mol. The van der Waals surface area contributed by atoms with Crippen LogP contribution >= 0.6 is 11.6 Å². The van der Waals surface area contributed by atoms with Gasteiger partial charge in [-0.25, -0.2) is 0 Å². The summed E-state index contributed by atoms with van der Waals surface area (Å²) in [6, 6.07) is 0.634. The number of nitrogens with one attached hydrogen (secondary N) is 1. The zero-order chi connectivity index (χ0) is 13.1. The highest BCUT2D eigenvalue weighted by Crippen LogP contribution is 2.43. The lowest BCUT2D eigenvalue weighted by atomic mass is 9.85. The lowest BCUT2D eigenvalue weighted by molar-refractivity contribution is -0.0366. The summed E-state index contributed by atoms with van der Waals surface area (Å²) >= 11 is 6.10. The molecule has 110 valence electrons. The predicted molar refractivity (Wildman–Crippen MR) is 79.8 cm³/mol. The van der Waals surface area contributed by atoms with E-state index >= 15 is 0 Å². The molecule has 3 rings (SSSR count). The first kappa shape index (κ1) is 14.2. The molecule has 1 spiro atoms. The molecule has 1 heterocycles. The summed E-state index contributed by atoms with van der Waals surface area (Å²) in [6.07, 6.45) is 13.7. The van der Waals surface area contributed by atoms with Gasteiger partial charge in [0.05, 0.1) is 11.7 Å². The van der Waals surface area contributed by atoms with Crippen molar-refractivity contribution in [2.45, 2.75) is 82.0 Å². The van der Waals surface area contributed by atoms with Gasteiger partial charge in [0.25, 0.3) is 0 Å². The molecule has 2 nitrogen and oxygen atoms in total. The molecule has 3 aliphatic rings. The average molecular weight is 286 g/mol. The minimum Gasteiger partial charge on any atom is -0.370 e. The summed E-state index contributed by atoms with van der Waals surface area (Å²) < 4.78 is 6.37. The van der Waals surface area contributed by atoms with Gasteiger partial charge in [-0.2, -0.15) is 0 Å². The van der Waals surface area contributed by atoms with Crippen LogP contribution in [0.1, 0.15) is 64.2 Å². The Morgan fingerprint density at radius 1 is 1.00 bits per heavy atom. The van der Waals surface area contributed by atoms with Gasteiger partial charge >= 0.3 is 0 Å². The van der Waals surface area contributed by atoms with Gasteiger partial charge in [-0.1, -0.05) is 25.7 Å². The smallest absolute Gasteiger partial charge is 0.0708 e. The van der Waals surface area contributed by atoms with Gasteiger partial charge in [0.2, 0.25) is 0 Å². The molecule has 3 atom stereocenters. The summed E-state index contributed by atoms with van der Waals surface area (Å²) in [4.78, 5) is 0. The fourth-order valence-corrected chi connectivity index (χ4v) is 4.74. The van der Waals surface area contributed by atoms with Crippen LogP contribution in [0.5, 0.6) is 0 Å². The molecule has 0 bridgehead atoms. The van der Waals surface area contributed by atoms with Crippen molar-refractivity contribution in [3.05, 3.63) is 0 Å². The zero-order valence-electron chi connectivity index (χ0n) is 12.0. The van der Waals surface area contributed by atoms with Crippen molar-refractivity contribution in [1.82, 2.24) is 5.32 Å². The second kappa shape index (κ2) is 6.32. The van der Waals surface area contributed by atoms with Crippen LogP contribution in [0.2, 0.25) is 0 Å². The first-order valence-electron chi connectivity index (χ1n) is 8.28. The van der Waals surface area contributed by atoms with Crippen molar-refractivity contribution in [3.63, 3.8) is 0 Å². The number of alkyl halides is 1. The third-order valence-corrected chi connectivity index (χ3v) is 5.96. The minimum atomic E-state index is 0.283. The van der Waals surface area contributed by atoms with Crippen LogP contribution in [0.25, 0.3) is 0 Å². The molecule has 3 fully saturated rings. The van der Waals surface area contributed by atoms with Crippen molar-refractivity contribution in [2.75, 3.05) is 12.4 Å². The van der Waals surface area contributed by atoms with Crippen LogP contribution in [0, 0.1) is 5.92 Å². The van der Waals surface area contributed by atoms with E-state index in [0.717, 1.165) is 12.4 Å². The first-order chi connectivity index (χ1) is 9.31. The van der Waals surface area contributed by atoms with Gasteiger partial charge in [0.1, 0.15) is 0 Å². The molecule has 0 radical (unpaired) electrons. The Kier molecular flexibility index (Phi) is 4.71. The lowest BCUT2D eigenvalue weighted by Gasteiger charge is -2.32. The van der Waals surface area contributed by atoms with Crippen LogP contribution in [0.3, 0.4) is 0 Å². The molecule has 0 aromatic carbocycles. The second-order valence-electron chi connectivity index (χ2n) is 6.88. The summed E-state index contributed by atoms with van der Waals surface area (Å²) in [5.74, 6) is 1.49. The maximum absolute atomic E-state index is 6.37. The summed E-state index contributed by atoms with van der Waals surface area (Å²) in [5, 5.41) is 3.76. The third kappa shape index (κ3) is 3.28. The van der Waals surface area contributed by atoms with Crippen LogP contribution in [0.4, 0.5) is 0 Å². The fourth-order valence-electron chi connectivity index (χ4n) is 4.37. The fraction of sp³-hybridized carbons (Fsp3) is 1.00. The molecule has 19 heavy (non-hydrogen) atoms. The van der Waals surface area contributed by atoms with E-state index in [-0.39, 0.29) is 5.60 Å². The van der Waals surface area contributed by atoms with Crippen molar-refractivity contribution in [3.8, 4) is 0 Å². The molecular formula is C16H28ClNO. The van der Waals surface area contributed by atoms with Gasteiger partial charge in [-0.05, 0) is 44.4 Å². The molecule has 2 aliphatic carbocycles. The maximum Gasteiger partial charge on any atom is 0.0708 e. The summed E-state index contributed by atoms with van der Waals surface area (Å²) in [5.41, 5.74) is 0.283. The van der Waals surface area contributed by atoms with E-state index in [1.54, 1.807) is 0 Å². The molecule has 1 N–H and O–H groups in total. The Morgan fingerprint density at radius 2 is 1.79 bits per heavy atom. The average Bonchev–Trinajstić information content (AvgIpc) is 3.07. The number of hydrogen-bond acceptors (Lipinski definition) is 2. The topological polar surface area (TPSA) is 21.3 Å². The predicted octanol–water partition coefficient (Wildman–Crippen LogP) is 3.87. The van der Waals surface area contributed by atoms with Crippen LogP contribution < -0.4 is 5.32 Å². The van der Waals surface area contributed by atoms with E-state index in [1.165, 1.54) is 64.2 Å². The van der Waals surface area contributed by atoms with Crippen molar-refractivity contribution >= 4 is 11.6 Å². The molecule has 3 heteroatoms. The Hall–Kier alpha value is 0.210. The highest BCUT2D eigenvalue weighted by molar-refractivity contribution is 6.18. The summed E-state index contributed by atoms with van der Waals surface area (Å²) in [7, 11) is 0. The third-order valence-electron chi connectivity index (χ3n) is 5.57. The first-order valence-corrected chi connectivity index (χ1v) is 8.82. The Morgan fingerprint density at radius 3 is 2.58 bits per heavy atom. The summed E-state index contributed by atoms with van der Waals surface area (Å²) in [6.45, 7) is 1.04. The highest BCUT2D eigenvalue weighted by atomic mass is 35.5. The van der Waals surface area contributed by atoms with Crippen LogP contribution in [-0.4, -0.2) is 30.2 Å². The second-order valence-corrected chi connectivity index (χ2v) is 7.19. The Bertz CT molecular complexity index is 290. The van der Waals surface area contributed by atoms with E-state index in [9.17, 15) is 0 Å². The molecule has 0 aromatic heterocycles. The molecule has 0 aromatic rings. The van der Waals surface area contributed by atoms with Gasteiger partial charge in [-0.3, -0.25) is 0 Å². The van der Waals surface area contributed by atoms with Crippen molar-refractivity contribution in [1.29, 1.82) is 0 Å². The number of rotatable bonds is 4. The van der Waals surface area contributed by atoms with E-state index in [1.807, 2.05) is 0 Å². The van der Waals surface area contributed by atoms with E-state index in [0.29, 0.717) is 18.1 Å². The van der Waals surface area contributed by atoms with E-state index in [2.05, 4.69) is 5.32 Å². The van der Waals surface area contributed by atoms with Crippen LogP contribution in [-0.2, 0) is 4.74 Å². The molecular weight excluding hydrogens is 258 g/mol. The molecule has 2 saturated carbocycles. The number of hydrogen-bond donors (Lipinski definition) is 1. The standard InChI is InChI=1S/C16H28ClNO/c17-11-13-5-1-2-6-15(13)18-12-14-7-10-16(19-14)8-3-4-9-16/h13-15,18H,1-12H2. The van der Waals surface area contributed by atoms with Gasteiger partial charge in [0, 0.05) is 18.5 Å². The zero-order valence-corrected chi connectivity index (χ0v) is 12.8. The van der Waals surface area contributed by atoms with Gasteiger partial charge in [0.15, 0.2) is 0 Å². The maximum atomic E-state index is 6.37. The lowest BCUT2D eigenvalue weighted by Crippen LogP contribution is -2.43. The molecule has 3 unspecified atom stereocenters. The molecule has 1 saturated heterocycles. The SMILES string of the molecule is ClCC1CCCCC1NCC1CCC2(CCCC2)O1. The quantitative estimate of drug-likeness (QED) is 0.792. The highest BCUT2D eigenvalue weighted by Gasteiger charge is 2.42. The molecule has 1 aliphatic heterocycles.